The summed E-state index contributed by atoms with van der Waals surface area (Å²) in [5.74, 6) is 0.566. The molecule has 0 aromatic heterocycles. The minimum absolute atomic E-state index is 0.119. The van der Waals surface area contributed by atoms with E-state index < -0.39 is 0 Å². The molecule has 3 amide bonds. The number of nitrogens with zero attached hydrogens (tertiary/aromatic N) is 2. The molecule has 8 heteroatoms. The molecule has 0 saturated heterocycles. The van der Waals surface area contributed by atoms with Gasteiger partial charge in [0.2, 0.25) is 0 Å². The monoisotopic (exact) mass is 550 g/mol. The Hall–Kier alpha value is -3.10. The summed E-state index contributed by atoms with van der Waals surface area (Å²) in [5, 5.41) is 6.00. The fourth-order valence-corrected chi connectivity index (χ4v) is 5.76. The van der Waals surface area contributed by atoms with Crippen LogP contribution >= 0.6 is 0 Å². The number of ether oxygens (including phenoxy) is 2. The summed E-state index contributed by atoms with van der Waals surface area (Å²) < 4.78 is 12.2. The molecule has 8 nitrogen and oxygen atoms in total. The maximum absolute atomic E-state index is 13.6. The largest absolute Gasteiger partial charge is 0.491 e. The van der Waals surface area contributed by atoms with Crippen LogP contribution in [0.3, 0.4) is 0 Å². The van der Waals surface area contributed by atoms with Gasteiger partial charge in [0.25, 0.3) is 5.91 Å². The number of urea groups is 1. The molecule has 0 bridgehead atoms. The summed E-state index contributed by atoms with van der Waals surface area (Å²) in [5.41, 5.74) is 2.31. The Morgan fingerprint density at radius 1 is 1.05 bits per heavy atom. The Balaban J connectivity index is 1.52. The van der Waals surface area contributed by atoms with Gasteiger partial charge in [0.05, 0.1) is 11.7 Å². The van der Waals surface area contributed by atoms with Crippen molar-refractivity contribution < 1.29 is 19.1 Å². The maximum Gasteiger partial charge on any atom is 0.319 e. The highest BCUT2D eigenvalue weighted by Gasteiger charge is 2.28. The lowest BCUT2D eigenvalue weighted by Gasteiger charge is -2.36. The van der Waals surface area contributed by atoms with Crippen molar-refractivity contribution in [2.24, 2.45) is 5.92 Å². The summed E-state index contributed by atoms with van der Waals surface area (Å²) in [6, 6.07) is 15.9. The number of nitrogens with one attached hydrogen (secondary N) is 2. The smallest absolute Gasteiger partial charge is 0.319 e. The molecule has 2 aromatic rings. The third-order valence-corrected chi connectivity index (χ3v) is 8.30. The summed E-state index contributed by atoms with van der Waals surface area (Å²) in [4.78, 5) is 30.5. The third-order valence-electron chi connectivity index (χ3n) is 8.30. The Bertz CT molecular complexity index is 1110. The highest BCUT2D eigenvalue weighted by molar-refractivity contribution is 5.99. The van der Waals surface area contributed by atoms with Gasteiger partial charge in [-0.3, -0.25) is 9.69 Å². The number of carbonyl (C=O) groups is 2. The van der Waals surface area contributed by atoms with Gasteiger partial charge >= 0.3 is 6.03 Å². The lowest BCUT2D eigenvalue weighted by atomic mass is 9.96. The van der Waals surface area contributed by atoms with Crippen LogP contribution in [0.5, 0.6) is 5.75 Å². The van der Waals surface area contributed by atoms with Crippen LogP contribution < -0.4 is 15.4 Å². The summed E-state index contributed by atoms with van der Waals surface area (Å²) in [7, 11) is 3.51. The highest BCUT2D eigenvalue weighted by atomic mass is 16.5. The molecule has 1 heterocycles. The number of hydrogen-bond acceptors (Lipinski definition) is 5. The zero-order valence-corrected chi connectivity index (χ0v) is 24.5. The van der Waals surface area contributed by atoms with Crippen LogP contribution in [0.1, 0.15) is 61.9 Å². The van der Waals surface area contributed by atoms with Crippen molar-refractivity contribution in [3.63, 3.8) is 0 Å². The number of fused-ring (bicyclic) bond motifs is 1. The van der Waals surface area contributed by atoms with Gasteiger partial charge in [0.1, 0.15) is 12.4 Å². The van der Waals surface area contributed by atoms with E-state index in [1.165, 1.54) is 12.0 Å². The number of rotatable bonds is 6. The van der Waals surface area contributed by atoms with Crippen molar-refractivity contribution >= 4 is 17.6 Å². The fraction of sp³-hybridized carbons (Fsp3) is 0.562. The number of anilines is 1. The number of methoxy groups -OCH3 is 1. The molecule has 3 atom stereocenters. The summed E-state index contributed by atoms with van der Waals surface area (Å²) in [6.07, 6.45) is 6.36. The second kappa shape index (κ2) is 14.5. The number of hydrogen-bond donors (Lipinski definition) is 2. The molecule has 1 fully saturated rings. The average molecular weight is 551 g/mol. The zero-order valence-electron chi connectivity index (χ0n) is 24.5. The van der Waals surface area contributed by atoms with Crippen molar-refractivity contribution in [1.82, 2.24) is 15.1 Å². The van der Waals surface area contributed by atoms with Crippen molar-refractivity contribution in [2.45, 2.75) is 70.6 Å². The van der Waals surface area contributed by atoms with E-state index in [1.807, 2.05) is 6.07 Å². The van der Waals surface area contributed by atoms with E-state index >= 15 is 0 Å². The number of likely N-dealkylation sites (N-methyl/N-ethyl adjacent to an activating group) is 1. The topological polar surface area (TPSA) is 83.1 Å². The Morgan fingerprint density at radius 3 is 2.52 bits per heavy atom. The van der Waals surface area contributed by atoms with Crippen LogP contribution in [0, 0.1) is 5.92 Å². The number of benzene rings is 2. The molecule has 218 valence electrons. The SMILES string of the molecule is CO[C@@H]1CN(C)C(=O)c2cc(NC(=O)NC3CCCCC3)ccc2OC[C@@H](C)N(CCc2ccccc2)C[C@@H]1C. The molecule has 2 aromatic carbocycles. The molecular formula is C32H46N4O4. The molecule has 4 rings (SSSR count). The molecule has 0 unspecified atom stereocenters. The maximum atomic E-state index is 13.6. The van der Waals surface area contributed by atoms with Crippen LogP contribution in [0.25, 0.3) is 0 Å². The van der Waals surface area contributed by atoms with Crippen LogP contribution in [-0.2, 0) is 11.2 Å². The Labute approximate surface area is 239 Å². The molecule has 1 aliphatic carbocycles. The van der Waals surface area contributed by atoms with Gasteiger partial charge in [-0.25, -0.2) is 4.79 Å². The van der Waals surface area contributed by atoms with Crippen LogP contribution in [0.2, 0.25) is 0 Å². The van der Waals surface area contributed by atoms with Crippen LogP contribution in [0.4, 0.5) is 10.5 Å². The van der Waals surface area contributed by atoms with Gasteiger partial charge in [0, 0.05) is 51.6 Å². The average Bonchev–Trinajstić information content (AvgIpc) is 2.97. The van der Waals surface area contributed by atoms with Gasteiger partial charge in [-0.15, -0.1) is 0 Å². The van der Waals surface area contributed by atoms with Gasteiger partial charge < -0.3 is 25.0 Å². The number of carbonyl (C=O) groups excluding carboxylic acids is 2. The second-order valence-electron chi connectivity index (χ2n) is 11.5. The Kier molecular flexibility index (Phi) is 10.8. The van der Waals surface area contributed by atoms with Gasteiger partial charge in [-0.1, -0.05) is 56.5 Å². The fourth-order valence-electron chi connectivity index (χ4n) is 5.76. The van der Waals surface area contributed by atoms with E-state index in [-0.39, 0.29) is 36.0 Å². The predicted molar refractivity (Wildman–Crippen MR) is 159 cm³/mol. The zero-order chi connectivity index (χ0) is 28.5. The van der Waals surface area contributed by atoms with E-state index in [1.54, 1.807) is 37.3 Å². The van der Waals surface area contributed by atoms with E-state index in [2.05, 4.69) is 53.6 Å². The van der Waals surface area contributed by atoms with Crippen molar-refractivity contribution in [3.05, 3.63) is 59.7 Å². The standard InChI is InChI=1S/C32H46N4O4/c1-23-20-36(18-17-25-11-7-5-8-12-25)24(2)22-40-29-16-15-27(34-32(38)33-26-13-9-6-10-14-26)19-28(29)31(37)35(3)21-30(23)39-4/h5,7-8,11-12,15-16,19,23-24,26,30H,6,9-10,13-14,17-18,20-22H2,1-4H3,(H2,33,34,38)/t23-,24+,30+/m0/s1. The normalized spacial score (nSPS) is 23.4. The van der Waals surface area contributed by atoms with E-state index in [4.69, 9.17) is 9.47 Å². The Morgan fingerprint density at radius 2 is 1.80 bits per heavy atom. The molecule has 0 spiro atoms. The summed E-state index contributed by atoms with van der Waals surface area (Å²) >= 11 is 0. The second-order valence-corrected chi connectivity index (χ2v) is 11.5. The first-order valence-electron chi connectivity index (χ1n) is 14.7. The first-order valence-corrected chi connectivity index (χ1v) is 14.7. The predicted octanol–water partition coefficient (Wildman–Crippen LogP) is 5.19. The van der Waals surface area contributed by atoms with Crippen molar-refractivity contribution in [1.29, 1.82) is 0 Å². The first kappa shape index (κ1) is 29.9. The first-order chi connectivity index (χ1) is 19.3. The number of amides is 3. The van der Waals surface area contributed by atoms with Crippen molar-refractivity contribution in [2.75, 3.05) is 45.7 Å². The van der Waals surface area contributed by atoms with Gasteiger partial charge in [-0.2, -0.15) is 0 Å². The molecule has 40 heavy (non-hydrogen) atoms. The third kappa shape index (κ3) is 8.21. The summed E-state index contributed by atoms with van der Waals surface area (Å²) in [6.45, 7) is 6.99. The molecule has 1 saturated carbocycles. The highest BCUT2D eigenvalue weighted by Crippen LogP contribution is 2.27. The molecule has 1 aliphatic heterocycles. The van der Waals surface area contributed by atoms with Crippen LogP contribution in [-0.4, -0.2) is 80.3 Å². The minimum Gasteiger partial charge on any atom is -0.491 e. The van der Waals surface area contributed by atoms with E-state index in [9.17, 15) is 9.59 Å². The van der Waals surface area contributed by atoms with Crippen molar-refractivity contribution in [3.8, 4) is 5.75 Å². The van der Waals surface area contributed by atoms with Gasteiger partial charge in [0.15, 0.2) is 0 Å². The molecule has 0 radical (unpaired) electrons. The molecule has 2 aliphatic rings. The molecular weight excluding hydrogens is 504 g/mol. The van der Waals surface area contributed by atoms with Crippen LogP contribution in [0.15, 0.2) is 48.5 Å². The van der Waals surface area contributed by atoms with Gasteiger partial charge in [-0.05, 0) is 55.9 Å². The lowest BCUT2D eigenvalue weighted by molar-refractivity contribution is 0.0109. The van der Waals surface area contributed by atoms with E-state index in [0.29, 0.717) is 30.2 Å². The minimum atomic E-state index is -0.238. The quantitative estimate of drug-likeness (QED) is 0.517. The van der Waals surface area contributed by atoms with E-state index in [0.717, 1.165) is 45.2 Å². The lowest BCUT2D eigenvalue weighted by Crippen LogP contribution is -2.47. The molecule has 2 N–H and O–H groups in total.